The summed E-state index contributed by atoms with van der Waals surface area (Å²) in [5.74, 6) is 0. The summed E-state index contributed by atoms with van der Waals surface area (Å²) in [6.45, 7) is 9.37. The highest BCUT2D eigenvalue weighted by Crippen LogP contribution is 2.20. The Morgan fingerprint density at radius 1 is 1.16 bits per heavy atom. The Labute approximate surface area is 116 Å². The Balaban J connectivity index is 1.91. The summed E-state index contributed by atoms with van der Waals surface area (Å²) in [6.07, 6.45) is 1.66. The van der Waals surface area contributed by atoms with Crippen LogP contribution in [0.3, 0.4) is 0 Å². The number of aliphatic hydroxyl groups is 1. The first-order valence-electron chi connectivity index (χ1n) is 7.21. The van der Waals surface area contributed by atoms with Crippen molar-refractivity contribution in [1.82, 2.24) is 5.32 Å². The van der Waals surface area contributed by atoms with Crippen LogP contribution in [-0.2, 0) is 6.54 Å². The number of hydrogen-bond acceptors (Lipinski definition) is 3. The largest absolute Gasteiger partial charge is 0.393 e. The van der Waals surface area contributed by atoms with E-state index in [1.54, 1.807) is 0 Å². The quantitative estimate of drug-likeness (QED) is 0.878. The molecule has 1 heterocycles. The van der Waals surface area contributed by atoms with Gasteiger partial charge in [0.15, 0.2) is 0 Å². The first kappa shape index (κ1) is 14.4. The predicted octanol–water partition coefficient (Wildman–Crippen LogP) is 2.54. The Morgan fingerprint density at radius 3 is 2.26 bits per heavy atom. The van der Waals surface area contributed by atoms with E-state index in [0.29, 0.717) is 0 Å². The fraction of sp³-hybridized carbons (Fsp3) is 0.625. The highest BCUT2D eigenvalue weighted by atomic mass is 16.3. The van der Waals surface area contributed by atoms with Gasteiger partial charge in [0, 0.05) is 30.9 Å². The number of hydrogen-bond donors (Lipinski definition) is 2. The summed E-state index contributed by atoms with van der Waals surface area (Å²) in [6, 6.07) is 8.77. The van der Waals surface area contributed by atoms with Crippen molar-refractivity contribution < 1.29 is 5.11 Å². The molecule has 1 aliphatic rings. The van der Waals surface area contributed by atoms with Crippen LogP contribution in [0.2, 0.25) is 0 Å². The summed E-state index contributed by atoms with van der Waals surface area (Å²) >= 11 is 0. The van der Waals surface area contributed by atoms with E-state index in [1.165, 1.54) is 11.3 Å². The molecule has 2 N–H and O–H groups in total. The first-order chi connectivity index (χ1) is 8.94. The van der Waals surface area contributed by atoms with Crippen molar-refractivity contribution in [2.24, 2.45) is 0 Å². The van der Waals surface area contributed by atoms with Gasteiger partial charge < -0.3 is 15.3 Å². The van der Waals surface area contributed by atoms with Crippen LogP contribution in [0.15, 0.2) is 24.3 Å². The van der Waals surface area contributed by atoms with Crippen molar-refractivity contribution in [3.63, 3.8) is 0 Å². The Morgan fingerprint density at radius 2 is 1.74 bits per heavy atom. The summed E-state index contributed by atoms with van der Waals surface area (Å²) in [5, 5.41) is 13.0. The van der Waals surface area contributed by atoms with Gasteiger partial charge in [-0.25, -0.2) is 0 Å². The van der Waals surface area contributed by atoms with E-state index < -0.39 is 0 Å². The van der Waals surface area contributed by atoms with Crippen LogP contribution < -0.4 is 10.2 Å². The number of nitrogens with one attached hydrogen (secondary N) is 1. The maximum atomic E-state index is 9.53. The minimum Gasteiger partial charge on any atom is -0.393 e. The highest BCUT2D eigenvalue weighted by molar-refractivity contribution is 5.48. The van der Waals surface area contributed by atoms with E-state index in [1.807, 2.05) is 0 Å². The standard InChI is InChI=1S/C16H26N2O/c1-16(2,3)17-12-13-4-6-14(7-5-13)18-10-8-15(19)9-11-18/h4-7,15,17,19H,8-12H2,1-3H3. The highest BCUT2D eigenvalue weighted by Gasteiger charge is 2.17. The second-order valence-electron chi connectivity index (χ2n) is 6.49. The van der Waals surface area contributed by atoms with Crippen molar-refractivity contribution in [3.8, 4) is 0 Å². The van der Waals surface area contributed by atoms with Gasteiger partial charge in [-0.15, -0.1) is 0 Å². The molecule has 0 radical (unpaired) electrons. The average Bonchev–Trinajstić information content (AvgIpc) is 2.37. The monoisotopic (exact) mass is 262 g/mol. The molecular formula is C16H26N2O. The normalized spacial score (nSPS) is 17.8. The molecule has 3 heteroatoms. The zero-order valence-corrected chi connectivity index (χ0v) is 12.3. The minimum atomic E-state index is -0.105. The summed E-state index contributed by atoms with van der Waals surface area (Å²) in [7, 11) is 0. The van der Waals surface area contributed by atoms with Crippen molar-refractivity contribution in [1.29, 1.82) is 0 Å². The van der Waals surface area contributed by atoms with Gasteiger partial charge in [0.1, 0.15) is 0 Å². The first-order valence-corrected chi connectivity index (χ1v) is 7.21. The minimum absolute atomic E-state index is 0.105. The van der Waals surface area contributed by atoms with Crippen molar-refractivity contribution in [2.45, 2.75) is 51.8 Å². The van der Waals surface area contributed by atoms with E-state index in [9.17, 15) is 5.11 Å². The van der Waals surface area contributed by atoms with Gasteiger partial charge >= 0.3 is 0 Å². The second kappa shape index (κ2) is 5.93. The lowest BCUT2D eigenvalue weighted by atomic mass is 10.1. The van der Waals surface area contributed by atoms with Crippen molar-refractivity contribution in [2.75, 3.05) is 18.0 Å². The molecule has 1 saturated heterocycles. The number of aliphatic hydroxyl groups excluding tert-OH is 1. The third-order valence-corrected chi connectivity index (χ3v) is 3.59. The molecule has 0 unspecified atom stereocenters. The van der Waals surface area contributed by atoms with Crippen LogP contribution in [0.25, 0.3) is 0 Å². The fourth-order valence-electron chi connectivity index (χ4n) is 2.32. The number of nitrogens with zero attached hydrogens (tertiary/aromatic N) is 1. The van der Waals surface area contributed by atoms with E-state index in [2.05, 4.69) is 55.3 Å². The molecule has 0 aromatic heterocycles. The van der Waals surface area contributed by atoms with Crippen LogP contribution in [0, 0.1) is 0 Å². The molecule has 3 nitrogen and oxygen atoms in total. The SMILES string of the molecule is CC(C)(C)NCc1ccc(N2CCC(O)CC2)cc1. The topological polar surface area (TPSA) is 35.5 Å². The molecule has 1 fully saturated rings. The van der Waals surface area contributed by atoms with Gasteiger partial charge in [-0.3, -0.25) is 0 Å². The van der Waals surface area contributed by atoms with Gasteiger partial charge in [-0.1, -0.05) is 12.1 Å². The maximum Gasteiger partial charge on any atom is 0.0574 e. The molecule has 0 bridgehead atoms. The molecule has 1 aromatic carbocycles. The molecular weight excluding hydrogens is 236 g/mol. The molecule has 0 amide bonds. The Hall–Kier alpha value is -1.06. The Bertz CT molecular complexity index is 386. The van der Waals surface area contributed by atoms with E-state index in [-0.39, 0.29) is 11.6 Å². The maximum absolute atomic E-state index is 9.53. The lowest BCUT2D eigenvalue weighted by Gasteiger charge is -2.31. The molecule has 106 valence electrons. The van der Waals surface area contributed by atoms with Crippen LogP contribution in [0.1, 0.15) is 39.2 Å². The second-order valence-corrected chi connectivity index (χ2v) is 6.49. The smallest absolute Gasteiger partial charge is 0.0574 e. The third-order valence-electron chi connectivity index (χ3n) is 3.59. The van der Waals surface area contributed by atoms with Crippen molar-refractivity contribution >= 4 is 5.69 Å². The summed E-state index contributed by atoms with van der Waals surface area (Å²) in [4.78, 5) is 2.35. The molecule has 1 aromatic rings. The Kier molecular flexibility index (Phi) is 4.48. The fourth-order valence-corrected chi connectivity index (χ4v) is 2.32. The van der Waals surface area contributed by atoms with Gasteiger partial charge in [0.2, 0.25) is 0 Å². The van der Waals surface area contributed by atoms with Crippen LogP contribution >= 0.6 is 0 Å². The van der Waals surface area contributed by atoms with Gasteiger partial charge in [0.25, 0.3) is 0 Å². The molecule has 2 rings (SSSR count). The predicted molar refractivity (Wildman–Crippen MR) is 80.5 cm³/mol. The van der Waals surface area contributed by atoms with E-state index in [4.69, 9.17) is 0 Å². The van der Waals surface area contributed by atoms with Gasteiger partial charge in [-0.2, -0.15) is 0 Å². The van der Waals surface area contributed by atoms with Crippen LogP contribution in [0.5, 0.6) is 0 Å². The zero-order chi connectivity index (χ0) is 13.9. The van der Waals surface area contributed by atoms with Crippen LogP contribution in [0.4, 0.5) is 5.69 Å². The molecule has 0 atom stereocenters. The number of rotatable bonds is 3. The third kappa shape index (κ3) is 4.51. The summed E-state index contributed by atoms with van der Waals surface area (Å²) in [5.41, 5.74) is 2.74. The van der Waals surface area contributed by atoms with E-state index >= 15 is 0 Å². The zero-order valence-electron chi connectivity index (χ0n) is 12.3. The number of benzene rings is 1. The summed E-state index contributed by atoms with van der Waals surface area (Å²) < 4.78 is 0. The molecule has 1 aliphatic heterocycles. The lowest BCUT2D eigenvalue weighted by Crippen LogP contribution is -2.36. The van der Waals surface area contributed by atoms with Crippen molar-refractivity contribution in [3.05, 3.63) is 29.8 Å². The number of piperidine rings is 1. The van der Waals surface area contributed by atoms with Gasteiger partial charge in [0.05, 0.1) is 6.10 Å². The van der Waals surface area contributed by atoms with Gasteiger partial charge in [-0.05, 0) is 51.3 Å². The lowest BCUT2D eigenvalue weighted by molar-refractivity contribution is 0.145. The average molecular weight is 262 g/mol. The van der Waals surface area contributed by atoms with Crippen LogP contribution in [-0.4, -0.2) is 29.8 Å². The molecule has 19 heavy (non-hydrogen) atoms. The molecule has 0 spiro atoms. The molecule has 0 saturated carbocycles. The number of anilines is 1. The molecule has 0 aliphatic carbocycles. The van der Waals surface area contributed by atoms with E-state index in [0.717, 1.165) is 32.5 Å².